The van der Waals surface area contributed by atoms with Crippen LogP contribution >= 0.6 is 0 Å². The van der Waals surface area contributed by atoms with Crippen LogP contribution in [0.5, 0.6) is 0 Å². The van der Waals surface area contributed by atoms with Gasteiger partial charge in [0.05, 0.1) is 6.54 Å². The van der Waals surface area contributed by atoms with Crippen molar-refractivity contribution in [2.24, 2.45) is 0 Å². The van der Waals surface area contributed by atoms with Crippen LogP contribution in [0.25, 0.3) is 0 Å². The first kappa shape index (κ1) is 15.7. The fourth-order valence-corrected chi connectivity index (χ4v) is 3.12. The number of amides is 1. The summed E-state index contributed by atoms with van der Waals surface area (Å²) in [5.74, 6) is -0.401. The molecule has 4 heteroatoms. The van der Waals surface area contributed by atoms with Crippen LogP contribution in [0, 0.1) is 12.7 Å². The molecule has 1 heterocycles. The molecule has 120 valence electrons. The van der Waals surface area contributed by atoms with Crippen LogP contribution in [-0.4, -0.2) is 23.9 Å². The molecule has 1 fully saturated rings. The smallest absolute Gasteiger partial charge is 0.238 e. The molecule has 2 aromatic rings. The Morgan fingerprint density at radius 1 is 1.26 bits per heavy atom. The summed E-state index contributed by atoms with van der Waals surface area (Å²) < 4.78 is 13.6. The van der Waals surface area contributed by atoms with Crippen LogP contribution in [0.3, 0.4) is 0 Å². The second kappa shape index (κ2) is 6.92. The van der Waals surface area contributed by atoms with E-state index in [1.54, 1.807) is 19.1 Å². The molecular weight excluding hydrogens is 291 g/mol. The number of anilines is 1. The molecule has 23 heavy (non-hydrogen) atoms. The van der Waals surface area contributed by atoms with E-state index in [-0.39, 0.29) is 17.8 Å². The van der Waals surface area contributed by atoms with E-state index in [4.69, 9.17) is 0 Å². The maximum atomic E-state index is 13.6. The molecule has 0 saturated carbocycles. The first-order chi connectivity index (χ1) is 11.1. The van der Waals surface area contributed by atoms with Gasteiger partial charge >= 0.3 is 0 Å². The van der Waals surface area contributed by atoms with Gasteiger partial charge in [-0.3, -0.25) is 9.69 Å². The van der Waals surface area contributed by atoms with Crippen LogP contribution in [-0.2, 0) is 4.79 Å². The highest BCUT2D eigenvalue weighted by Crippen LogP contribution is 2.31. The first-order valence-corrected chi connectivity index (χ1v) is 7.98. The average Bonchev–Trinajstić information content (AvgIpc) is 3.00. The first-order valence-electron chi connectivity index (χ1n) is 7.98. The summed E-state index contributed by atoms with van der Waals surface area (Å²) >= 11 is 0. The topological polar surface area (TPSA) is 32.3 Å². The SMILES string of the molecule is Cc1ccc(NC(=O)CN2CCC[C@@H]2c2ccccc2)cc1F. The standard InChI is InChI=1S/C19H21FN2O/c1-14-9-10-16(12-17(14)20)21-19(23)13-22-11-5-8-18(22)15-6-3-2-4-7-15/h2-4,6-7,9-10,12,18H,5,8,11,13H2,1H3,(H,21,23)/t18-/m1/s1. The van der Waals surface area contributed by atoms with E-state index in [1.807, 2.05) is 18.2 Å². The Balaban J connectivity index is 1.64. The number of rotatable bonds is 4. The number of halogens is 1. The van der Waals surface area contributed by atoms with Gasteiger partial charge in [0, 0.05) is 11.7 Å². The van der Waals surface area contributed by atoms with Gasteiger partial charge in [-0.05, 0) is 49.6 Å². The molecule has 0 radical (unpaired) electrons. The minimum Gasteiger partial charge on any atom is -0.325 e. The predicted octanol–water partition coefficient (Wildman–Crippen LogP) is 3.91. The molecule has 3 rings (SSSR count). The highest BCUT2D eigenvalue weighted by atomic mass is 19.1. The van der Waals surface area contributed by atoms with Crippen molar-refractivity contribution in [2.75, 3.05) is 18.4 Å². The number of hydrogen-bond acceptors (Lipinski definition) is 2. The summed E-state index contributed by atoms with van der Waals surface area (Å²) in [7, 11) is 0. The lowest BCUT2D eigenvalue weighted by atomic mass is 10.0. The molecule has 0 spiro atoms. The van der Waals surface area contributed by atoms with Crippen molar-refractivity contribution in [2.45, 2.75) is 25.8 Å². The van der Waals surface area contributed by atoms with Crippen molar-refractivity contribution >= 4 is 11.6 Å². The molecular formula is C19H21FN2O. The van der Waals surface area contributed by atoms with Crippen molar-refractivity contribution in [3.05, 3.63) is 65.5 Å². The Morgan fingerprint density at radius 2 is 2.04 bits per heavy atom. The third-order valence-corrected chi connectivity index (χ3v) is 4.35. The quantitative estimate of drug-likeness (QED) is 0.928. The number of hydrogen-bond donors (Lipinski definition) is 1. The summed E-state index contributed by atoms with van der Waals surface area (Å²) in [4.78, 5) is 14.5. The van der Waals surface area contributed by atoms with Crippen LogP contribution in [0.1, 0.15) is 30.0 Å². The van der Waals surface area contributed by atoms with Crippen molar-refractivity contribution in [3.63, 3.8) is 0 Å². The Bertz CT molecular complexity index is 687. The largest absolute Gasteiger partial charge is 0.325 e. The van der Waals surface area contributed by atoms with Crippen molar-refractivity contribution in [1.82, 2.24) is 4.90 Å². The summed E-state index contributed by atoms with van der Waals surface area (Å²) in [5.41, 5.74) is 2.33. The Hall–Kier alpha value is -2.20. The third-order valence-electron chi connectivity index (χ3n) is 4.35. The van der Waals surface area contributed by atoms with Crippen molar-refractivity contribution < 1.29 is 9.18 Å². The molecule has 0 aliphatic carbocycles. The number of nitrogens with zero attached hydrogens (tertiary/aromatic N) is 1. The van der Waals surface area contributed by atoms with Crippen molar-refractivity contribution in [3.8, 4) is 0 Å². The second-order valence-corrected chi connectivity index (χ2v) is 6.05. The van der Waals surface area contributed by atoms with Gasteiger partial charge in [-0.2, -0.15) is 0 Å². The molecule has 1 saturated heterocycles. The van der Waals surface area contributed by atoms with E-state index in [2.05, 4.69) is 22.3 Å². The van der Waals surface area contributed by atoms with Gasteiger partial charge in [-0.25, -0.2) is 4.39 Å². The van der Waals surface area contributed by atoms with Gasteiger partial charge in [0.15, 0.2) is 0 Å². The monoisotopic (exact) mass is 312 g/mol. The fourth-order valence-electron chi connectivity index (χ4n) is 3.12. The molecule has 3 nitrogen and oxygen atoms in total. The third kappa shape index (κ3) is 3.77. The number of nitrogens with one attached hydrogen (secondary N) is 1. The number of benzene rings is 2. The van der Waals surface area contributed by atoms with Crippen LogP contribution in [0.15, 0.2) is 48.5 Å². The lowest BCUT2D eigenvalue weighted by Gasteiger charge is -2.24. The molecule has 0 unspecified atom stereocenters. The maximum Gasteiger partial charge on any atom is 0.238 e. The van der Waals surface area contributed by atoms with Gasteiger partial charge < -0.3 is 5.32 Å². The van der Waals surface area contributed by atoms with Crippen LogP contribution in [0.2, 0.25) is 0 Å². The molecule has 1 aliphatic rings. The van der Waals surface area contributed by atoms with Gasteiger partial charge in [0.1, 0.15) is 5.82 Å². The van der Waals surface area contributed by atoms with Crippen LogP contribution in [0.4, 0.5) is 10.1 Å². The fraction of sp³-hybridized carbons (Fsp3) is 0.316. The summed E-state index contributed by atoms with van der Waals surface area (Å²) in [6.45, 7) is 2.94. The zero-order valence-corrected chi connectivity index (χ0v) is 13.3. The van der Waals surface area contributed by atoms with Crippen LogP contribution < -0.4 is 5.32 Å². The maximum absolute atomic E-state index is 13.6. The van der Waals surface area contributed by atoms with E-state index in [9.17, 15) is 9.18 Å². The molecule has 2 aromatic carbocycles. The molecule has 1 aliphatic heterocycles. The highest BCUT2D eigenvalue weighted by molar-refractivity contribution is 5.92. The van der Waals surface area contributed by atoms with E-state index < -0.39 is 0 Å². The number of aryl methyl sites for hydroxylation is 1. The Labute approximate surface area is 136 Å². The highest BCUT2D eigenvalue weighted by Gasteiger charge is 2.27. The molecule has 0 bridgehead atoms. The molecule has 1 atom stereocenters. The molecule has 1 N–H and O–H groups in total. The van der Waals surface area contributed by atoms with Gasteiger partial charge in [0.2, 0.25) is 5.91 Å². The van der Waals surface area contributed by atoms with Gasteiger partial charge in [0.25, 0.3) is 0 Å². The molecule has 0 aromatic heterocycles. The van der Waals surface area contributed by atoms with E-state index in [0.29, 0.717) is 17.8 Å². The summed E-state index contributed by atoms with van der Waals surface area (Å²) in [6.07, 6.45) is 2.16. The summed E-state index contributed by atoms with van der Waals surface area (Å²) in [6, 6.07) is 15.3. The Kier molecular flexibility index (Phi) is 4.72. The average molecular weight is 312 g/mol. The second-order valence-electron chi connectivity index (χ2n) is 6.05. The number of carbonyl (C=O) groups is 1. The van der Waals surface area contributed by atoms with E-state index in [1.165, 1.54) is 11.6 Å². The van der Waals surface area contributed by atoms with E-state index >= 15 is 0 Å². The van der Waals surface area contributed by atoms with Crippen molar-refractivity contribution in [1.29, 1.82) is 0 Å². The van der Waals surface area contributed by atoms with Gasteiger partial charge in [-0.15, -0.1) is 0 Å². The molecule has 1 amide bonds. The Morgan fingerprint density at radius 3 is 2.78 bits per heavy atom. The predicted molar refractivity (Wildman–Crippen MR) is 89.8 cm³/mol. The minimum atomic E-state index is -0.300. The number of likely N-dealkylation sites (tertiary alicyclic amines) is 1. The minimum absolute atomic E-state index is 0.101. The lowest BCUT2D eigenvalue weighted by Crippen LogP contribution is -2.32. The lowest BCUT2D eigenvalue weighted by molar-refractivity contribution is -0.117. The van der Waals surface area contributed by atoms with E-state index in [0.717, 1.165) is 19.4 Å². The number of carbonyl (C=O) groups excluding carboxylic acids is 1. The summed E-state index contributed by atoms with van der Waals surface area (Å²) in [5, 5.41) is 2.79. The zero-order chi connectivity index (χ0) is 16.2. The normalized spacial score (nSPS) is 18.1. The zero-order valence-electron chi connectivity index (χ0n) is 13.3. The van der Waals surface area contributed by atoms with Gasteiger partial charge in [-0.1, -0.05) is 36.4 Å².